The lowest BCUT2D eigenvalue weighted by atomic mass is 10.1. The number of fused-ring (bicyclic) bond motifs is 1. The van der Waals surface area contributed by atoms with E-state index in [9.17, 15) is 9.59 Å². The molecule has 144 valence electrons. The Kier molecular flexibility index (Phi) is 8.00. The molecule has 0 heterocycles. The highest BCUT2D eigenvalue weighted by Gasteiger charge is 2.15. The topological polar surface area (TPSA) is 79.5 Å². The van der Waals surface area contributed by atoms with Gasteiger partial charge < -0.3 is 10.1 Å². The van der Waals surface area contributed by atoms with E-state index in [2.05, 4.69) is 23.1 Å². The first-order valence-electron chi connectivity index (χ1n) is 9.04. The number of carbonyl (C=O) groups excluding carboxylic acids is 2. The number of thiocarbonyl (C=S) groups is 1. The molecule has 2 amide bonds. The largest absolute Gasteiger partial charge is 0.481 e. The number of hydrogen-bond donors (Lipinski definition) is 3. The lowest BCUT2D eigenvalue weighted by Crippen LogP contribution is -2.51. The van der Waals surface area contributed by atoms with Crippen molar-refractivity contribution in [3.05, 3.63) is 42.5 Å². The molecule has 0 bridgehead atoms. The molecule has 0 aliphatic rings. The van der Waals surface area contributed by atoms with Gasteiger partial charge in [0.15, 0.2) is 11.2 Å². The Labute approximate surface area is 164 Å². The quantitative estimate of drug-likeness (QED) is 0.386. The maximum absolute atomic E-state index is 12.1. The second-order valence-corrected chi connectivity index (χ2v) is 6.63. The Morgan fingerprint density at radius 3 is 2.56 bits per heavy atom. The number of carbonyl (C=O) groups is 2. The number of amides is 2. The average molecular weight is 388 g/mol. The summed E-state index contributed by atoms with van der Waals surface area (Å²) in [6.07, 6.45) is 2.52. The minimum atomic E-state index is -0.735. The third-order valence-electron chi connectivity index (χ3n) is 3.96. The Hall–Kier alpha value is -2.67. The zero-order valence-electron chi connectivity index (χ0n) is 15.6. The van der Waals surface area contributed by atoms with Crippen LogP contribution in [0.5, 0.6) is 5.75 Å². The van der Waals surface area contributed by atoms with Gasteiger partial charge in [0.05, 0.1) is 0 Å². The van der Waals surface area contributed by atoms with E-state index in [-0.39, 0.29) is 11.0 Å². The highest BCUT2D eigenvalue weighted by atomic mass is 32.1. The summed E-state index contributed by atoms with van der Waals surface area (Å²) in [6, 6.07) is 13.6. The smallest absolute Gasteiger partial charge is 0.279 e. The fraction of sp³-hybridized carbons (Fsp3) is 0.350. The minimum absolute atomic E-state index is 0.0581. The molecule has 0 fully saturated rings. The second kappa shape index (κ2) is 10.5. The molecule has 6 nitrogen and oxygen atoms in total. The van der Waals surface area contributed by atoms with E-state index in [1.807, 2.05) is 42.5 Å². The number of unbranched alkanes of at least 4 members (excludes halogenated alkanes) is 2. The van der Waals surface area contributed by atoms with Crippen LogP contribution in [0.2, 0.25) is 0 Å². The maximum atomic E-state index is 12.1. The van der Waals surface area contributed by atoms with Crippen LogP contribution in [0, 0.1) is 0 Å². The number of hydrogen-bond acceptors (Lipinski definition) is 4. The van der Waals surface area contributed by atoms with Crippen LogP contribution in [0.1, 0.15) is 39.5 Å². The van der Waals surface area contributed by atoms with Gasteiger partial charge in [0.2, 0.25) is 5.91 Å². The van der Waals surface area contributed by atoms with Gasteiger partial charge in [0.1, 0.15) is 5.75 Å². The number of ether oxygens (including phenoxy) is 1. The van der Waals surface area contributed by atoms with Gasteiger partial charge in [-0.2, -0.15) is 0 Å². The number of hydrazine groups is 1. The monoisotopic (exact) mass is 387 g/mol. The first-order chi connectivity index (χ1) is 13.0. The van der Waals surface area contributed by atoms with Crippen molar-refractivity contribution in [2.75, 3.05) is 0 Å². The van der Waals surface area contributed by atoms with Crippen molar-refractivity contribution in [1.29, 1.82) is 0 Å². The SMILES string of the molecule is CCCCCC(=O)NC(=S)NNC(=O)[C@H](C)Oc1ccc2ccccc2c1. The van der Waals surface area contributed by atoms with Crippen molar-refractivity contribution < 1.29 is 14.3 Å². The van der Waals surface area contributed by atoms with Crippen LogP contribution in [0.4, 0.5) is 0 Å². The van der Waals surface area contributed by atoms with Gasteiger partial charge in [-0.25, -0.2) is 0 Å². The summed E-state index contributed by atoms with van der Waals surface area (Å²) in [5.74, 6) is 0.0320. The number of benzene rings is 2. The molecule has 0 aliphatic carbocycles. The van der Waals surface area contributed by atoms with Gasteiger partial charge in [-0.1, -0.05) is 50.1 Å². The molecule has 0 saturated carbocycles. The summed E-state index contributed by atoms with van der Waals surface area (Å²) in [4.78, 5) is 23.8. The molecule has 0 saturated heterocycles. The van der Waals surface area contributed by atoms with Crippen LogP contribution in [0.15, 0.2) is 42.5 Å². The molecule has 2 rings (SSSR count). The van der Waals surface area contributed by atoms with Crippen LogP contribution < -0.4 is 20.9 Å². The summed E-state index contributed by atoms with van der Waals surface area (Å²) < 4.78 is 5.68. The Morgan fingerprint density at radius 2 is 1.81 bits per heavy atom. The van der Waals surface area contributed by atoms with Crippen molar-refractivity contribution in [2.45, 2.75) is 45.6 Å². The number of rotatable bonds is 7. The highest BCUT2D eigenvalue weighted by Crippen LogP contribution is 2.21. The van der Waals surface area contributed by atoms with Crippen LogP contribution in [0.25, 0.3) is 10.8 Å². The van der Waals surface area contributed by atoms with Gasteiger partial charge in [0, 0.05) is 6.42 Å². The van der Waals surface area contributed by atoms with E-state index in [1.165, 1.54) is 0 Å². The predicted octanol–water partition coefficient (Wildman–Crippen LogP) is 3.21. The maximum Gasteiger partial charge on any atom is 0.279 e. The fourth-order valence-electron chi connectivity index (χ4n) is 2.47. The van der Waals surface area contributed by atoms with Gasteiger partial charge in [-0.15, -0.1) is 0 Å². The van der Waals surface area contributed by atoms with Crippen LogP contribution in [-0.4, -0.2) is 23.0 Å². The molecule has 7 heteroatoms. The van der Waals surface area contributed by atoms with Gasteiger partial charge in [-0.3, -0.25) is 20.4 Å². The molecule has 2 aromatic carbocycles. The lowest BCUT2D eigenvalue weighted by Gasteiger charge is -2.16. The normalized spacial score (nSPS) is 11.5. The van der Waals surface area contributed by atoms with E-state index < -0.39 is 12.0 Å². The molecule has 0 aromatic heterocycles. The lowest BCUT2D eigenvalue weighted by molar-refractivity contribution is -0.128. The molecule has 2 aromatic rings. The Balaban J connectivity index is 1.77. The Morgan fingerprint density at radius 1 is 1.07 bits per heavy atom. The molecule has 1 atom stereocenters. The first-order valence-corrected chi connectivity index (χ1v) is 9.45. The third-order valence-corrected chi connectivity index (χ3v) is 4.17. The van der Waals surface area contributed by atoms with Gasteiger partial charge in [0.25, 0.3) is 5.91 Å². The summed E-state index contributed by atoms with van der Waals surface area (Å²) >= 11 is 5.00. The summed E-state index contributed by atoms with van der Waals surface area (Å²) in [6.45, 7) is 3.71. The van der Waals surface area contributed by atoms with Gasteiger partial charge >= 0.3 is 0 Å². The molecule has 27 heavy (non-hydrogen) atoms. The van der Waals surface area contributed by atoms with Crippen LogP contribution in [-0.2, 0) is 9.59 Å². The Bertz CT molecular complexity index is 810. The predicted molar refractivity (Wildman–Crippen MR) is 110 cm³/mol. The summed E-state index contributed by atoms with van der Waals surface area (Å²) in [5.41, 5.74) is 4.96. The van der Waals surface area contributed by atoms with E-state index in [1.54, 1.807) is 6.92 Å². The molecule has 3 N–H and O–H groups in total. The van der Waals surface area contributed by atoms with Crippen molar-refractivity contribution >= 4 is 39.9 Å². The average Bonchev–Trinajstić information content (AvgIpc) is 2.66. The number of nitrogens with one attached hydrogen (secondary N) is 3. The summed E-state index contributed by atoms with van der Waals surface area (Å²) in [5, 5.41) is 4.72. The zero-order valence-corrected chi connectivity index (χ0v) is 16.4. The highest BCUT2D eigenvalue weighted by molar-refractivity contribution is 7.80. The van der Waals surface area contributed by atoms with E-state index in [0.717, 1.165) is 30.0 Å². The van der Waals surface area contributed by atoms with E-state index in [0.29, 0.717) is 12.2 Å². The van der Waals surface area contributed by atoms with E-state index >= 15 is 0 Å². The molecular weight excluding hydrogens is 362 g/mol. The third kappa shape index (κ3) is 6.86. The zero-order chi connectivity index (χ0) is 19.6. The molecular formula is C20H25N3O3S. The first kappa shape index (κ1) is 20.6. The standard InChI is InChI=1S/C20H25N3O3S/c1-3-4-5-10-18(24)21-20(27)23-22-19(25)14(2)26-17-12-11-15-8-6-7-9-16(15)13-17/h6-9,11-14H,3-5,10H2,1-2H3,(H,22,25)(H2,21,23,24,27)/t14-/m0/s1. The van der Waals surface area contributed by atoms with Crippen molar-refractivity contribution in [1.82, 2.24) is 16.2 Å². The molecule has 0 aliphatic heterocycles. The van der Waals surface area contributed by atoms with Crippen molar-refractivity contribution in [3.63, 3.8) is 0 Å². The fourth-order valence-corrected chi connectivity index (χ4v) is 2.64. The molecule has 0 radical (unpaired) electrons. The molecule has 0 spiro atoms. The molecule has 0 unspecified atom stereocenters. The van der Waals surface area contributed by atoms with Crippen molar-refractivity contribution in [2.24, 2.45) is 0 Å². The minimum Gasteiger partial charge on any atom is -0.481 e. The van der Waals surface area contributed by atoms with Crippen LogP contribution >= 0.6 is 12.2 Å². The van der Waals surface area contributed by atoms with Crippen molar-refractivity contribution in [3.8, 4) is 5.75 Å². The summed E-state index contributed by atoms with van der Waals surface area (Å²) in [7, 11) is 0. The van der Waals surface area contributed by atoms with Gasteiger partial charge in [-0.05, 0) is 48.5 Å². The van der Waals surface area contributed by atoms with Crippen LogP contribution in [0.3, 0.4) is 0 Å². The second-order valence-electron chi connectivity index (χ2n) is 6.22. The van der Waals surface area contributed by atoms with E-state index in [4.69, 9.17) is 17.0 Å².